The summed E-state index contributed by atoms with van der Waals surface area (Å²) in [6, 6.07) is 6.10. The first-order valence-electron chi connectivity index (χ1n) is 6.12. The molecule has 0 fully saturated rings. The van der Waals surface area contributed by atoms with Crippen molar-refractivity contribution in [3.8, 4) is 10.9 Å². The molecule has 0 atom stereocenters. The average Bonchev–Trinajstić information content (AvgIpc) is 2.78. The third-order valence-electron chi connectivity index (χ3n) is 2.72. The fraction of sp³-hybridized carbons (Fsp3) is 0.429. The van der Waals surface area contributed by atoms with Gasteiger partial charge in [-0.2, -0.15) is 0 Å². The molecular weight excluding hydrogens is 260 g/mol. The van der Waals surface area contributed by atoms with Gasteiger partial charge >= 0.3 is 0 Å². The molecule has 102 valence electrons. The molecule has 0 aliphatic rings. The van der Waals surface area contributed by atoms with Gasteiger partial charge in [0, 0.05) is 5.56 Å². The summed E-state index contributed by atoms with van der Waals surface area (Å²) in [4.78, 5) is 0. The molecule has 0 radical (unpaired) electrons. The van der Waals surface area contributed by atoms with Crippen molar-refractivity contribution in [3.05, 3.63) is 34.3 Å². The fourth-order valence-corrected chi connectivity index (χ4v) is 2.32. The van der Waals surface area contributed by atoms with E-state index in [0.717, 1.165) is 11.3 Å². The topological polar surface area (TPSA) is 55.2 Å². The van der Waals surface area contributed by atoms with Crippen LogP contribution >= 0.6 is 11.3 Å². The van der Waals surface area contributed by atoms with Gasteiger partial charge in [0.1, 0.15) is 10.8 Å². The van der Waals surface area contributed by atoms with Gasteiger partial charge in [-0.15, -0.1) is 5.10 Å². The smallest absolute Gasteiger partial charge is 0.299 e. The number of aliphatic hydroxyl groups is 1. The predicted molar refractivity (Wildman–Crippen MR) is 75.8 cm³/mol. The van der Waals surface area contributed by atoms with Crippen molar-refractivity contribution in [2.75, 3.05) is 0 Å². The molecule has 0 unspecified atom stereocenters. The van der Waals surface area contributed by atoms with E-state index in [0.29, 0.717) is 10.2 Å². The Bertz CT molecular complexity index is 573. The van der Waals surface area contributed by atoms with Gasteiger partial charge in [-0.05, 0) is 18.4 Å². The number of rotatable bonds is 3. The number of benzene rings is 1. The van der Waals surface area contributed by atoms with Gasteiger partial charge in [0.2, 0.25) is 0 Å². The lowest BCUT2D eigenvalue weighted by Crippen LogP contribution is -2.12. The Hall–Kier alpha value is -1.46. The van der Waals surface area contributed by atoms with E-state index in [1.165, 1.54) is 16.9 Å². The van der Waals surface area contributed by atoms with E-state index in [1.54, 1.807) is 0 Å². The monoisotopic (exact) mass is 278 g/mol. The van der Waals surface area contributed by atoms with Crippen molar-refractivity contribution in [3.63, 3.8) is 0 Å². The number of aliphatic hydroxyl groups excluding tert-OH is 1. The van der Waals surface area contributed by atoms with Gasteiger partial charge < -0.3 is 9.84 Å². The Morgan fingerprint density at radius 3 is 2.58 bits per heavy atom. The largest absolute Gasteiger partial charge is 0.429 e. The summed E-state index contributed by atoms with van der Waals surface area (Å²) in [6.45, 7) is 8.39. The molecule has 2 rings (SSSR count). The zero-order chi connectivity index (χ0) is 14.0. The van der Waals surface area contributed by atoms with Crippen LogP contribution in [0.25, 0.3) is 0 Å². The van der Waals surface area contributed by atoms with E-state index < -0.39 is 0 Å². The van der Waals surface area contributed by atoms with Gasteiger partial charge in [-0.1, -0.05) is 54.9 Å². The minimum atomic E-state index is -0.110. The molecule has 0 saturated carbocycles. The number of hydrogen-bond acceptors (Lipinski definition) is 5. The van der Waals surface area contributed by atoms with Crippen molar-refractivity contribution in [2.45, 2.75) is 39.7 Å². The highest BCUT2D eigenvalue weighted by molar-refractivity contribution is 7.13. The minimum Gasteiger partial charge on any atom is -0.429 e. The molecule has 0 spiro atoms. The van der Waals surface area contributed by atoms with E-state index in [4.69, 9.17) is 9.84 Å². The first kappa shape index (κ1) is 14.0. The van der Waals surface area contributed by atoms with E-state index in [1.807, 2.05) is 12.1 Å². The van der Waals surface area contributed by atoms with Gasteiger partial charge in [0.05, 0.1) is 6.61 Å². The number of ether oxygens (including phenoxy) is 1. The molecule has 1 heterocycles. The molecule has 1 aromatic carbocycles. The van der Waals surface area contributed by atoms with Crippen LogP contribution in [0.5, 0.6) is 10.9 Å². The van der Waals surface area contributed by atoms with Gasteiger partial charge in [0.15, 0.2) is 0 Å². The number of aromatic nitrogens is 2. The van der Waals surface area contributed by atoms with E-state index in [2.05, 4.69) is 44.0 Å². The van der Waals surface area contributed by atoms with Crippen LogP contribution in [0, 0.1) is 6.92 Å². The quantitative estimate of drug-likeness (QED) is 0.934. The Labute approximate surface area is 117 Å². The first-order chi connectivity index (χ1) is 8.90. The molecule has 1 aromatic heterocycles. The van der Waals surface area contributed by atoms with Crippen LogP contribution < -0.4 is 4.74 Å². The van der Waals surface area contributed by atoms with Crippen LogP contribution in [0.1, 0.15) is 36.9 Å². The summed E-state index contributed by atoms with van der Waals surface area (Å²) >= 11 is 1.26. The van der Waals surface area contributed by atoms with Crippen LogP contribution in [-0.4, -0.2) is 15.3 Å². The SMILES string of the molecule is Cc1ccc(Oc2nnc(CO)s2)c(C(C)(C)C)c1. The van der Waals surface area contributed by atoms with E-state index >= 15 is 0 Å². The molecule has 0 saturated heterocycles. The molecule has 5 heteroatoms. The Morgan fingerprint density at radius 2 is 2.00 bits per heavy atom. The van der Waals surface area contributed by atoms with Gasteiger partial charge in [-0.3, -0.25) is 0 Å². The van der Waals surface area contributed by atoms with Crippen LogP contribution in [0.15, 0.2) is 18.2 Å². The van der Waals surface area contributed by atoms with Crippen LogP contribution in [0.4, 0.5) is 0 Å². The second-order valence-corrected chi connectivity index (χ2v) is 6.50. The molecule has 0 amide bonds. The third kappa shape index (κ3) is 3.30. The highest BCUT2D eigenvalue weighted by Gasteiger charge is 2.20. The lowest BCUT2D eigenvalue weighted by molar-refractivity contribution is 0.280. The highest BCUT2D eigenvalue weighted by Crippen LogP contribution is 2.35. The molecule has 0 bridgehead atoms. The Morgan fingerprint density at radius 1 is 1.26 bits per heavy atom. The minimum absolute atomic E-state index is 0.00809. The number of hydrogen-bond donors (Lipinski definition) is 1. The van der Waals surface area contributed by atoms with Crippen molar-refractivity contribution in [1.29, 1.82) is 0 Å². The lowest BCUT2D eigenvalue weighted by atomic mass is 9.85. The maximum atomic E-state index is 8.99. The standard InChI is InChI=1S/C14H18N2O2S/c1-9-5-6-11(10(7-9)14(2,3)4)18-13-16-15-12(8-17)19-13/h5-7,17H,8H2,1-4H3. The Balaban J connectivity index is 2.34. The number of nitrogens with zero attached hydrogens (tertiary/aromatic N) is 2. The average molecular weight is 278 g/mol. The molecule has 0 aliphatic heterocycles. The summed E-state index contributed by atoms with van der Waals surface area (Å²) < 4.78 is 5.81. The summed E-state index contributed by atoms with van der Waals surface area (Å²) in [5.74, 6) is 0.790. The van der Waals surface area contributed by atoms with Crippen LogP contribution in [-0.2, 0) is 12.0 Å². The molecule has 2 aromatic rings. The van der Waals surface area contributed by atoms with Crippen molar-refractivity contribution in [1.82, 2.24) is 10.2 Å². The first-order valence-corrected chi connectivity index (χ1v) is 6.94. The fourth-order valence-electron chi connectivity index (χ4n) is 1.76. The summed E-state index contributed by atoms with van der Waals surface area (Å²) in [5, 5.41) is 17.7. The maximum Gasteiger partial charge on any atom is 0.299 e. The van der Waals surface area contributed by atoms with E-state index in [-0.39, 0.29) is 12.0 Å². The van der Waals surface area contributed by atoms with Crippen molar-refractivity contribution in [2.24, 2.45) is 0 Å². The number of aryl methyl sites for hydroxylation is 1. The second-order valence-electron chi connectivity index (χ2n) is 5.47. The maximum absolute atomic E-state index is 8.99. The summed E-state index contributed by atoms with van der Waals surface area (Å²) in [5.41, 5.74) is 2.32. The van der Waals surface area contributed by atoms with E-state index in [9.17, 15) is 0 Å². The zero-order valence-corrected chi connectivity index (χ0v) is 12.4. The molecule has 1 N–H and O–H groups in total. The Kier molecular flexibility index (Phi) is 3.87. The van der Waals surface area contributed by atoms with Gasteiger partial charge in [0.25, 0.3) is 5.19 Å². The van der Waals surface area contributed by atoms with Crippen molar-refractivity contribution < 1.29 is 9.84 Å². The predicted octanol–water partition coefficient (Wildman–Crippen LogP) is 3.43. The van der Waals surface area contributed by atoms with Crippen molar-refractivity contribution >= 4 is 11.3 Å². The molecule has 0 aliphatic carbocycles. The summed E-state index contributed by atoms with van der Waals surface area (Å²) in [7, 11) is 0. The molecular formula is C14H18N2O2S. The zero-order valence-electron chi connectivity index (χ0n) is 11.6. The molecule has 19 heavy (non-hydrogen) atoms. The normalized spacial score (nSPS) is 11.6. The lowest BCUT2D eigenvalue weighted by Gasteiger charge is -2.22. The molecule has 4 nitrogen and oxygen atoms in total. The van der Waals surface area contributed by atoms with Crippen LogP contribution in [0.3, 0.4) is 0 Å². The summed E-state index contributed by atoms with van der Waals surface area (Å²) in [6.07, 6.45) is 0. The highest BCUT2D eigenvalue weighted by atomic mass is 32.1. The second kappa shape index (κ2) is 5.27. The third-order valence-corrected chi connectivity index (χ3v) is 3.51. The van der Waals surface area contributed by atoms with Gasteiger partial charge in [-0.25, -0.2) is 0 Å². The van der Waals surface area contributed by atoms with Crippen LogP contribution in [0.2, 0.25) is 0 Å².